The van der Waals surface area contributed by atoms with Gasteiger partial charge in [-0.3, -0.25) is 4.79 Å². The van der Waals surface area contributed by atoms with Crippen LogP contribution < -0.4 is 5.32 Å². The van der Waals surface area contributed by atoms with E-state index in [0.29, 0.717) is 10.0 Å². The molecule has 0 unspecified atom stereocenters. The van der Waals surface area contributed by atoms with E-state index in [4.69, 9.17) is 5.11 Å². The number of carboxylic acids is 1. The molecular formula is C15H11BrFNO3. The van der Waals surface area contributed by atoms with E-state index < -0.39 is 17.7 Å². The number of carbonyl (C=O) groups is 2. The van der Waals surface area contributed by atoms with Crippen LogP contribution in [0.15, 0.2) is 40.9 Å². The van der Waals surface area contributed by atoms with Crippen LogP contribution in [0.25, 0.3) is 0 Å². The second-order valence-electron chi connectivity index (χ2n) is 4.41. The third-order valence-electron chi connectivity index (χ3n) is 2.89. The molecule has 0 spiro atoms. The van der Waals surface area contributed by atoms with Gasteiger partial charge in [-0.25, -0.2) is 9.18 Å². The minimum atomic E-state index is -1.14. The van der Waals surface area contributed by atoms with Gasteiger partial charge in [0.05, 0.1) is 11.3 Å². The van der Waals surface area contributed by atoms with Gasteiger partial charge in [0.2, 0.25) is 0 Å². The Kier molecular flexibility index (Phi) is 4.37. The molecule has 2 rings (SSSR count). The summed E-state index contributed by atoms with van der Waals surface area (Å²) in [6.07, 6.45) is 0. The predicted octanol–water partition coefficient (Wildman–Crippen LogP) is 3.85. The second kappa shape index (κ2) is 6.05. The highest BCUT2D eigenvalue weighted by Gasteiger charge is 2.15. The van der Waals surface area contributed by atoms with Crippen molar-refractivity contribution in [2.75, 3.05) is 5.32 Å². The van der Waals surface area contributed by atoms with Gasteiger partial charge in [-0.1, -0.05) is 15.9 Å². The average molecular weight is 352 g/mol. The molecule has 2 aromatic carbocycles. The topological polar surface area (TPSA) is 66.4 Å². The van der Waals surface area contributed by atoms with Gasteiger partial charge in [0, 0.05) is 10.0 Å². The van der Waals surface area contributed by atoms with E-state index in [1.54, 1.807) is 13.0 Å². The highest BCUT2D eigenvalue weighted by molar-refractivity contribution is 9.10. The van der Waals surface area contributed by atoms with E-state index in [9.17, 15) is 14.0 Å². The van der Waals surface area contributed by atoms with Crippen LogP contribution in [-0.4, -0.2) is 17.0 Å². The van der Waals surface area contributed by atoms with Crippen LogP contribution in [-0.2, 0) is 0 Å². The van der Waals surface area contributed by atoms with Gasteiger partial charge >= 0.3 is 5.97 Å². The highest BCUT2D eigenvalue weighted by atomic mass is 79.9. The SMILES string of the molecule is Cc1cc(F)ccc1C(=O)Nc1cc(Br)ccc1C(=O)O. The van der Waals surface area contributed by atoms with Gasteiger partial charge < -0.3 is 10.4 Å². The number of hydrogen-bond donors (Lipinski definition) is 2. The standard InChI is InChI=1S/C15H11BrFNO3/c1-8-6-10(17)3-5-11(8)14(19)18-13-7-9(16)2-4-12(13)15(20)21/h2-7H,1H3,(H,18,19)(H,20,21). The van der Waals surface area contributed by atoms with Crippen LogP contribution in [0, 0.1) is 12.7 Å². The fourth-order valence-corrected chi connectivity index (χ4v) is 2.24. The molecule has 0 bridgehead atoms. The molecule has 0 saturated carbocycles. The molecule has 0 fully saturated rings. The summed E-state index contributed by atoms with van der Waals surface area (Å²) in [7, 11) is 0. The molecule has 0 heterocycles. The lowest BCUT2D eigenvalue weighted by Crippen LogP contribution is -2.16. The Bertz CT molecular complexity index is 731. The number of carbonyl (C=O) groups excluding carboxylic acids is 1. The first-order chi connectivity index (χ1) is 9.88. The van der Waals surface area contributed by atoms with Crippen LogP contribution in [0.4, 0.5) is 10.1 Å². The van der Waals surface area contributed by atoms with E-state index >= 15 is 0 Å². The van der Waals surface area contributed by atoms with E-state index in [2.05, 4.69) is 21.2 Å². The number of nitrogens with one attached hydrogen (secondary N) is 1. The number of aryl methyl sites for hydroxylation is 1. The molecule has 108 valence electrons. The van der Waals surface area contributed by atoms with E-state index in [0.717, 1.165) is 0 Å². The largest absolute Gasteiger partial charge is 0.478 e. The molecule has 21 heavy (non-hydrogen) atoms. The zero-order valence-corrected chi connectivity index (χ0v) is 12.6. The van der Waals surface area contributed by atoms with Crippen LogP contribution in [0.3, 0.4) is 0 Å². The fourth-order valence-electron chi connectivity index (χ4n) is 1.88. The summed E-state index contributed by atoms with van der Waals surface area (Å²) in [4.78, 5) is 23.3. The highest BCUT2D eigenvalue weighted by Crippen LogP contribution is 2.23. The smallest absolute Gasteiger partial charge is 0.337 e. The van der Waals surface area contributed by atoms with Crippen molar-refractivity contribution in [3.05, 3.63) is 63.4 Å². The molecule has 0 aliphatic heterocycles. The monoisotopic (exact) mass is 351 g/mol. The van der Waals surface area contributed by atoms with Crippen LogP contribution in [0.1, 0.15) is 26.3 Å². The third-order valence-corrected chi connectivity index (χ3v) is 3.39. The molecule has 0 aliphatic rings. The number of aromatic carboxylic acids is 1. The van der Waals surface area contributed by atoms with Crippen molar-refractivity contribution >= 4 is 33.5 Å². The number of rotatable bonds is 3. The lowest BCUT2D eigenvalue weighted by Gasteiger charge is -2.10. The summed E-state index contributed by atoms with van der Waals surface area (Å²) >= 11 is 3.22. The Morgan fingerprint density at radius 1 is 1.14 bits per heavy atom. The van der Waals surface area contributed by atoms with Crippen molar-refractivity contribution in [1.29, 1.82) is 0 Å². The molecule has 4 nitrogen and oxygen atoms in total. The zero-order chi connectivity index (χ0) is 15.6. The van der Waals surface area contributed by atoms with Crippen LogP contribution >= 0.6 is 15.9 Å². The van der Waals surface area contributed by atoms with Crippen molar-refractivity contribution < 1.29 is 19.1 Å². The molecule has 0 aliphatic carbocycles. The van der Waals surface area contributed by atoms with Gasteiger partial charge in [0.15, 0.2) is 0 Å². The molecule has 0 saturated heterocycles. The average Bonchev–Trinajstić information content (AvgIpc) is 2.37. The Hall–Kier alpha value is -2.21. The van der Waals surface area contributed by atoms with Gasteiger partial charge in [-0.05, 0) is 48.9 Å². The van der Waals surface area contributed by atoms with Gasteiger partial charge in [0.1, 0.15) is 5.82 Å². The first-order valence-corrected chi connectivity index (χ1v) is 6.78. The Morgan fingerprint density at radius 3 is 2.43 bits per heavy atom. The van der Waals surface area contributed by atoms with Crippen molar-refractivity contribution in [3.8, 4) is 0 Å². The molecule has 0 radical (unpaired) electrons. The number of hydrogen-bond acceptors (Lipinski definition) is 2. The molecule has 0 aromatic heterocycles. The van der Waals surface area contributed by atoms with Crippen molar-refractivity contribution in [2.45, 2.75) is 6.92 Å². The molecule has 1 amide bonds. The summed E-state index contributed by atoms with van der Waals surface area (Å²) < 4.78 is 13.7. The number of amides is 1. The van der Waals surface area contributed by atoms with Crippen molar-refractivity contribution in [2.24, 2.45) is 0 Å². The van der Waals surface area contributed by atoms with Gasteiger partial charge in [0.25, 0.3) is 5.91 Å². The normalized spacial score (nSPS) is 10.2. The lowest BCUT2D eigenvalue weighted by atomic mass is 10.1. The Labute approximate surface area is 128 Å². The van der Waals surface area contributed by atoms with Crippen LogP contribution in [0.5, 0.6) is 0 Å². The summed E-state index contributed by atoms with van der Waals surface area (Å²) in [5.74, 6) is -2.07. The maximum atomic E-state index is 13.0. The van der Waals surface area contributed by atoms with E-state index in [-0.39, 0.29) is 16.8 Å². The van der Waals surface area contributed by atoms with E-state index in [1.165, 1.54) is 30.3 Å². The van der Waals surface area contributed by atoms with Crippen molar-refractivity contribution in [1.82, 2.24) is 0 Å². The molecule has 0 atom stereocenters. The number of anilines is 1. The molecule has 2 aromatic rings. The fraction of sp³-hybridized carbons (Fsp3) is 0.0667. The molecule has 6 heteroatoms. The second-order valence-corrected chi connectivity index (χ2v) is 5.32. The third kappa shape index (κ3) is 3.46. The minimum absolute atomic E-state index is 0.0219. The number of benzene rings is 2. The van der Waals surface area contributed by atoms with Crippen molar-refractivity contribution in [3.63, 3.8) is 0 Å². The molecule has 2 N–H and O–H groups in total. The maximum Gasteiger partial charge on any atom is 0.337 e. The summed E-state index contributed by atoms with van der Waals surface area (Å²) in [6.45, 7) is 1.61. The zero-order valence-electron chi connectivity index (χ0n) is 11.0. The summed E-state index contributed by atoms with van der Waals surface area (Å²) in [6, 6.07) is 8.25. The molecular weight excluding hydrogens is 341 g/mol. The lowest BCUT2D eigenvalue weighted by molar-refractivity contribution is 0.0698. The van der Waals surface area contributed by atoms with E-state index in [1.807, 2.05) is 0 Å². The van der Waals surface area contributed by atoms with Gasteiger partial charge in [-0.2, -0.15) is 0 Å². The van der Waals surface area contributed by atoms with Gasteiger partial charge in [-0.15, -0.1) is 0 Å². The minimum Gasteiger partial charge on any atom is -0.478 e. The first-order valence-electron chi connectivity index (χ1n) is 5.99. The first kappa shape index (κ1) is 15.2. The Morgan fingerprint density at radius 2 is 1.81 bits per heavy atom. The quantitative estimate of drug-likeness (QED) is 0.882. The predicted molar refractivity (Wildman–Crippen MR) is 80.2 cm³/mol. The number of halogens is 2. The summed E-state index contributed by atoms with van der Waals surface area (Å²) in [5, 5.41) is 11.7. The summed E-state index contributed by atoms with van der Waals surface area (Å²) in [5.41, 5.74) is 0.906. The van der Waals surface area contributed by atoms with Crippen LogP contribution in [0.2, 0.25) is 0 Å². The number of carboxylic acid groups (broad SMARTS) is 1. The maximum absolute atomic E-state index is 13.0. The Balaban J connectivity index is 2.35.